The first kappa shape index (κ1) is 14.0. The number of nitrogens with zero attached hydrogens (tertiary/aromatic N) is 5. The number of likely N-dealkylation sites (tertiary alicyclic amines) is 2. The van der Waals surface area contributed by atoms with Gasteiger partial charge in [0, 0.05) is 25.7 Å². The third kappa shape index (κ3) is 2.87. The van der Waals surface area contributed by atoms with Gasteiger partial charge >= 0.3 is 0 Å². The highest BCUT2D eigenvalue weighted by atomic mass is 16.3. The van der Waals surface area contributed by atoms with E-state index in [4.69, 9.17) is 0 Å². The second-order valence-corrected chi connectivity index (χ2v) is 5.92. The van der Waals surface area contributed by atoms with Crippen LogP contribution in [-0.2, 0) is 13.1 Å². The Hall–Kier alpha value is -0.980. The highest BCUT2D eigenvalue weighted by Crippen LogP contribution is 2.21. The standard InChI is InChI=1S/C14H25N5O/c1-2-19-14(15-11-16-19)10-17-8-12(13(20)9-17)18-6-4-3-5-7-18/h11-13,20H,2-10H2,1H3/t12-,13-/m0/s1. The first-order valence-electron chi connectivity index (χ1n) is 7.79. The van der Waals surface area contributed by atoms with Gasteiger partial charge in [0.05, 0.1) is 12.6 Å². The van der Waals surface area contributed by atoms with Gasteiger partial charge in [-0.2, -0.15) is 5.10 Å². The van der Waals surface area contributed by atoms with Crippen molar-refractivity contribution in [2.24, 2.45) is 0 Å². The van der Waals surface area contributed by atoms with Gasteiger partial charge in [-0.05, 0) is 32.9 Å². The summed E-state index contributed by atoms with van der Waals surface area (Å²) in [6.07, 6.45) is 5.27. The lowest BCUT2D eigenvalue weighted by Gasteiger charge is -2.33. The molecule has 2 aliphatic rings. The van der Waals surface area contributed by atoms with E-state index in [1.54, 1.807) is 6.33 Å². The second kappa shape index (κ2) is 6.20. The third-order valence-corrected chi connectivity index (χ3v) is 4.55. The topological polar surface area (TPSA) is 57.4 Å². The highest BCUT2D eigenvalue weighted by Gasteiger charge is 2.36. The number of aromatic nitrogens is 3. The Labute approximate surface area is 120 Å². The van der Waals surface area contributed by atoms with Crippen LogP contribution < -0.4 is 0 Å². The first-order chi connectivity index (χ1) is 9.78. The lowest BCUT2D eigenvalue weighted by atomic mass is 10.1. The third-order valence-electron chi connectivity index (χ3n) is 4.55. The van der Waals surface area contributed by atoms with Crippen LogP contribution in [0.2, 0.25) is 0 Å². The van der Waals surface area contributed by atoms with Gasteiger partial charge in [0.2, 0.25) is 0 Å². The Morgan fingerprint density at radius 1 is 1.25 bits per heavy atom. The van der Waals surface area contributed by atoms with Crippen LogP contribution in [0.1, 0.15) is 32.0 Å². The van der Waals surface area contributed by atoms with Crippen molar-refractivity contribution in [3.63, 3.8) is 0 Å². The van der Waals surface area contributed by atoms with Crippen molar-refractivity contribution in [1.29, 1.82) is 0 Å². The molecular formula is C14H25N5O. The van der Waals surface area contributed by atoms with Crippen molar-refractivity contribution in [3.8, 4) is 0 Å². The molecule has 0 unspecified atom stereocenters. The van der Waals surface area contributed by atoms with E-state index in [2.05, 4.69) is 26.8 Å². The molecule has 20 heavy (non-hydrogen) atoms. The fourth-order valence-corrected chi connectivity index (χ4v) is 3.46. The van der Waals surface area contributed by atoms with Crippen LogP contribution in [0.3, 0.4) is 0 Å². The number of aryl methyl sites for hydroxylation is 1. The Kier molecular flexibility index (Phi) is 4.33. The van der Waals surface area contributed by atoms with Crippen LogP contribution in [0.5, 0.6) is 0 Å². The molecule has 0 spiro atoms. The summed E-state index contributed by atoms with van der Waals surface area (Å²) in [7, 11) is 0. The molecule has 6 heteroatoms. The fourth-order valence-electron chi connectivity index (χ4n) is 3.46. The number of aliphatic hydroxyl groups excluding tert-OH is 1. The van der Waals surface area contributed by atoms with Gasteiger partial charge in [-0.15, -0.1) is 0 Å². The average Bonchev–Trinajstić information content (AvgIpc) is 3.06. The highest BCUT2D eigenvalue weighted by molar-refractivity contribution is 4.94. The van der Waals surface area contributed by atoms with Gasteiger partial charge in [-0.3, -0.25) is 9.80 Å². The predicted octanol–water partition coefficient (Wildman–Crippen LogP) is 0.329. The maximum absolute atomic E-state index is 10.3. The normalized spacial score (nSPS) is 29.1. The molecule has 3 heterocycles. The molecule has 1 aromatic rings. The fraction of sp³-hybridized carbons (Fsp3) is 0.857. The second-order valence-electron chi connectivity index (χ2n) is 5.92. The van der Waals surface area contributed by atoms with E-state index < -0.39 is 0 Å². The minimum atomic E-state index is -0.230. The maximum atomic E-state index is 10.3. The molecule has 1 N–H and O–H groups in total. The molecule has 0 aliphatic carbocycles. The van der Waals surface area contributed by atoms with Gasteiger partial charge in [0.1, 0.15) is 12.2 Å². The van der Waals surface area contributed by atoms with Gasteiger partial charge in [-0.25, -0.2) is 9.67 Å². The van der Waals surface area contributed by atoms with E-state index in [9.17, 15) is 5.11 Å². The van der Waals surface area contributed by atoms with Gasteiger partial charge < -0.3 is 5.11 Å². The molecule has 2 aliphatic heterocycles. The summed E-state index contributed by atoms with van der Waals surface area (Å²) >= 11 is 0. The van der Waals surface area contributed by atoms with Crippen molar-refractivity contribution >= 4 is 0 Å². The van der Waals surface area contributed by atoms with Crippen molar-refractivity contribution in [1.82, 2.24) is 24.6 Å². The summed E-state index contributed by atoms with van der Waals surface area (Å²) < 4.78 is 1.93. The molecule has 0 aromatic carbocycles. The Morgan fingerprint density at radius 3 is 2.80 bits per heavy atom. The maximum Gasteiger partial charge on any atom is 0.140 e. The Bertz CT molecular complexity index is 429. The molecular weight excluding hydrogens is 254 g/mol. The molecule has 2 saturated heterocycles. The van der Waals surface area contributed by atoms with Crippen LogP contribution in [0.25, 0.3) is 0 Å². The Balaban J connectivity index is 1.60. The van der Waals surface area contributed by atoms with E-state index in [0.717, 1.165) is 45.1 Å². The number of piperidine rings is 1. The largest absolute Gasteiger partial charge is 0.390 e. The predicted molar refractivity (Wildman–Crippen MR) is 76.2 cm³/mol. The Morgan fingerprint density at radius 2 is 2.05 bits per heavy atom. The molecule has 0 amide bonds. The summed E-state index contributed by atoms with van der Waals surface area (Å²) in [6, 6.07) is 0.299. The summed E-state index contributed by atoms with van der Waals surface area (Å²) in [4.78, 5) is 9.10. The van der Waals surface area contributed by atoms with Crippen LogP contribution in [0.4, 0.5) is 0 Å². The van der Waals surface area contributed by atoms with Crippen molar-refractivity contribution < 1.29 is 5.11 Å². The van der Waals surface area contributed by atoms with E-state index in [0.29, 0.717) is 6.04 Å². The minimum absolute atomic E-state index is 0.230. The summed E-state index contributed by atoms with van der Waals surface area (Å²) in [5, 5.41) is 14.6. The zero-order valence-electron chi connectivity index (χ0n) is 12.3. The quantitative estimate of drug-likeness (QED) is 0.861. The van der Waals surface area contributed by atoms with Gasteiger partial charge in [0.15, 0.2) is 0 Å². The zero-order valence-corrected chi connectivity index (χ0v) is 12.3. The molecule has 112 valence electrons. The van der Waals surface area contributed by atoms with Crippen LogP contribution in [0.15, 0.2) is 6.33 Å². The lowest BCUT2D eigenvalue weighted by Crippen LogP contribution is -2.45. The van der Waals surface area contributed by atoms with Crippen LogP contribution in [0, 0.1) is 0 Å². The summed E-state index contributed by atoms with van der Waals surface area (Å²) in [5.41, 5.74) is 0. The molecule has 0 bridgehead atoms. The summed E-state index contributed by atoms with van der Waals surface area (Å²) in [6.45, 7) is 7.68. The smallest absolute Gasteiger partial charge is 0.140 e. The number of β-amino-alcohol motifs (C(OH)–C–C–N with tert-alkyl or cyclic N) is 1. The number of rotatable bonds is 4. The molecule has 6 nitrogen and oxygen atoms in total. The number of hydrogen-bond acceptors (Lipinski definition) is 5. The zero-order chi connectivity index (χ0) is 13.9. The van der Waals surface area contributed by atoms with E-state index in [1.165, 1.54) is 19.3 Å². The molecule has 1 aromatic heterocycles. The van der Waals surface area contributed by atoms with E-state index in [-0.39, 0.29) is 6.10 Å². The SMILES string of the molecule is CCn1ncnc1CN1C[C@H](O)[C@@H](N2CCCCC2)C1. The minimum Gasteiger partial charge on any atom is -0.390 e. The number of aliphatic hydroxyl groups is 1. The van der Waals surface area contributed by atoms with Crippen molar-refractivity contribution in [3.05, 3.63) is 12.2 Å². The van der Waals surface area contributed by atoms with Crippen LogP contribution in [-0.4, -0.2) is 68.0 Å². The van der Waals surface area contributed by atoms with Crippen molar-refractivity contribution in [2.45, 2.75) is 51.4 Å². The molecule has 2 fully saturated rings. The number of hydrogen-bond donors (Lipinski definition) is 1. The lowest BCUT2D eigenvalue weighted by molar-refractivity contribution is 0.0706. The van der Waals surface area contributed by atoms with Gasteiger partial charge in [0.25, 0.3) is 0 Å². The molecule has 0 saturated carbocycles. The van der Waals surface area contributed by atoms with Crippen molar-refractivity contribution in [2.75, 3.05) is 26.2 Å². The monoisotopic (exact) mass is 279 g/mol. The first-order valence-corrected chi connectivity index (χ1v) is 7.79. The van der Waals surface area contributed by atoms with E-state index in [1.807, 2.05) is 4.68 Å². The molecule has 0 radical (unpaired) electrons. The van der Waals surface area contributed by atoms with E-state index >= 15 is 0 Å². The molecule has 3 rings (SSSR count). The van der Waals surface area contributed by atoms with Gasteiger partial charge in [-0.1, -0.05) is 6.42 Å². The average molecular weight is 279 g/mol. The molecule has 2 atom stereocenters. The van der Waals surface area contributed by atoms with Crippen LogP contribution >= 0.6 is 0 Å². The summed E-state index contributed by atoms with van der Waals surface area (Å²) in [5.74, 6) is 0.999.